The normalized spacial score (nSPS) is 10.9. The molecule has 0 unspecified atom stereocenters. The minimum atomic E-state index is -0.634. The smallest absolute Gasteiger partial charge is 0.329 e. The van der Waals surface area contributed by atoms with Crippen LogP contribution in [0.2, 0.25) is 0 Å². The summed E-state index contributed by atoms with van der Waals surface area (Å²) in [5.41, 5.74) is 1.91. The third kappa shape index (κ3) is 3.35. The van der Waals surface area contributed by atoms with E-state index in [9.17, 15) is 14.4 Å². The fourth-order valence-electron chi connectivity index (χ4n) is 3.02. The van der Waals surface area contributed by atoms with Crippen LogP contribution >= 0.6 is 0 Å². The summed E-state index contributed by atoms with van der Waals surface area (Å²) in [5, 5.41) is 2.68. The quantitative estimate of drug-likeness (QED) is 0.489. The van der Waals surface area contributed by atoms with E-state index in [4.69, 9.17) is 0 Å². The van der Waals surface area contributed by atoms with E-state index in [-0.39, 0.29) is 18.6 Å². The van der Waals surface area contributed by atoms with Crippen molar-refractivity contribution in [2.24, 2.45) is 0 Å². The zero-order chi connectivity index (χ0) is 19.5. The van der Waals surface area contributed by atoms with Crippen LogP contribution in [-0.4, -0.2) is 25.4 Å². The van der Waals surface area contributed by atoms with Crippen molar-refractivity contribution in [3.63, 3.8) is 0 Å². The first-order valence-electron chi connectivity index (χ1n) is 8.68. The summed E-state index contributed by atoms with van der Waals surface area (Å²) in [4.78, 5) is 47.0. The molecule has 4 aromatic rings. The Morgan fingerprint density at radius 2 is 1.89 bits per heavy atom. The molecule has 28 heavy (non-hydrogen) atoms. The maximum atomic E-state index is 12.7. The summed E-state index contributed by atoms with van der Waals surface area (Å²) in [5.74, 6) is -0.439. The Kier molecular flexibility index (Phi) is 4.59. The molecule has 140 valence electrons. The number of carbonyl (C=O) groups is 1. The molecule has 3 N–H and O–H groups in total. The molecule has 0 atom stereocenters. The van der Waals surface area contributed by atoms with Crippen molar-refractivity contribution in [1.82, 2.24) is 24.8 Å². The Morgan fingerprint density at radius 3 is 2.64 bits per heavy atom. The number of hydrogen-bond acceptors (Lipinski definition) is 4. The minimum absolute atomic E-state index is 0.249. The average molecular weight is 375 g/mol. The zero-order valence-electron chi connectivity index (χ0n) is 14.8. The number of amides is 1. The lowest BCUT2D eigenvalue weighted by molar-refractivity contribution is -0.121. The maximum absolute atomic E-state index is 12.7. The molecule has 0 fully saturated rings. The first-order chi connectivity index (χ1) is 13.6. The van der Waals surface area contributed by atoms with Crippen molar-refractivity contribution in [1.29, 1.82) is 0 Å². The number of benzene rings is 1. The predicted octanol–water partition coefficient (Wildman–Crippen LogP) is 1.40. The molecular weight excluding hydrogens is 358 g/mol. The van der Waals surface area contributed by atoms with Crippen LogP contribution in [0.25, 0.3) is 22.2 Å². The van der Waals surface area contributed by atoms with Gasteiger partial charge in [-0.1, -0.05) is 36.4 Å². The fraction of sp³-hybridized carbons (Fsp3) is 0.100. The Bertz CT molecular complexity index is 1240. The standard InChI is InChI=1S/C20H17N5O3/c26-16(22-10-13-5-4-8-21-9-13)12-25-19(27)18-17(24-20(25)28)15(11-23-18)14-6-2-1-3-7-14/h1-9,11,23H,10,12H2,(H,22,26)(H,24,28). The van der Waals surface area contributed by atoms with Crippen molar-refractivity contribution in [3.05, 3.63) is 87.5 Å². The molecule has 0 aliphatic heterocycles. The van der Waals surface area contributed by atoms with Crippen molar-refractivity contribution in [2.75, 3.05) is 0 Å². The third-order valence-electron chi connectivity index (χ3n) is 4.42. The SMILES string of the molecule is O=C(Cn1c(=O)[nH]c2c(-c3ccccc3)c[nH]c2c1=O)NCc1cccnc1. The van der Waals surface area contributed by atoms with Gasteiger partial charge in [0.25, 0.3) is 5.56 Å². The van der Waals surface area contributed by atoms with Gasteiger partial charge in [0.1, 0.15) is 12.1 Å². The molecule has 3 aromatic heterocycles. The van der Waals surface area contributed by atoms with E-state index in [0.717, 1.165) is 21.3 Å². The van der Waals surface area contributed by atoms with Crippen LogP contribution < -0.4 is 16.6 Å². The molecule has 1 amide bonds. The van der Waals surface area contributed by atoms with Crippen LogP contribution in [-0.2, 0) is 17.9 Å². The second-order valence-electron chi connectivity index (χ2n) is 6.28. The molecule has 4 rings (SSSR count). The average Bonchev–Trinajstić information content (AvgIpc) is 3.15. The van der Waals surface area contributed by atoms with E-state index >= 15 is 0 Å². The number of aromatic nitrogens is 4. The zero-order valence-corrected chi connectivity index (χ0v) is 14.8. The van der Waals surface area contributed by atoms with Crippen molar-refractivity contribution < 1.29 is 4.79 Å². The van der Waals surface area contributed by atoms with Gasteiger partial charge in [-0.15, -0.1) is 0 Å². The highest BCUT2D eigenvalue weighted by Crippen LogP contribution is 2.24. The lowest BCUT2D eigenvalue weighted by Gasteiger charge is -2.07. The van der Waals surface area contributed by atoms with Gasteiger partial charge in [-0.2, -0.15) is 0 Å². The molecule has 0 aliphatic carbocycles. The monoisotopic (exact) mass is 375 g/mol. The molecule has 0 radical (unpaired) electrons. The number of rotatable bonds is 5. The van der Waals surface area contributed by atoms with Crippen LogP contribution in [0.3, 0.4) is 0 Å². The second-order valence-corrected chi connectivity index (χ2v) is 6.28. The van der Waals surface area contributed by atoms with Crippen molar-refractivity contribution >= 4 is 16.9 Å². The first-order valence-corrected chi connectivity index (χ1v) is 8.68. The molecule has 1 aromatic carbocycles. The van der Waals surface area contributed by atoms with Crippen LogP contribution in [0.5, 0.6) is 0 Å². The fourth-order valence-corrected chi connectivity index (χ4v) is 3.02. The lowest BCUT2D eigenvalue weighted by atomic mass is 10.1. The minimum Gasteiger partial charge on any atom is -0.355 e. The predicted molar refractivity (Wildman–Crippen MR) is 105 cm³/mol. The van der Waals surface area contributed by atoms with Gasteiger partial charge < -0.3 is 15.3 Å². The van der Waals surface area contributed by atoms with Crippen LogP contribution in [0.1, 0.15) is 5.56 Å². The number of hydrogen-bond donors (Lipinski definition) is 3. The second kappa shape index (κ2) is 7.36. The maximum Gasteiger partial charge on any atom is 0.329 e. The van der Waals surface area contributed by atoms with Crippen molar-refractivity contribution in [3.8, 4) is 11.1 Å². The highest BCUT2D eigenvalue weighted by molar-refractivity contribution is 5.91. The Morgan fingerprint density at radius 1 is 1.07 bits per heavy atom. The number of H-pyrrole nitrogens is 2. The Balaban J connectivity index is 1.61. The van der Waals surface area contributed by atoms with E-state index in [1.807, 2.05) is 36.4 Å². The van der Waals surface area contributed by atoms with E-state index in [0.29, 0.717) is 5.52 Å². The molecular formula is C20H17N5O3. The molecule has 3 heterocycles. The van der Waals surface area contributed by atoms with Gasteiger partial charge in [0.15, 0.2) is 0 Å². The summed E-state index contributed by atoms with van der Waals surface area (Å²) in [6, 6.07) is 13.0. The molecule has 0 bridgehead atoms. The van der Waals surface area contributed by atoms with Crippen LogP contribution in [0.4, 0.5) is 0 Å². The van der Waals surface area contributed by atoms with Crippen molar-refractivity contribution in [2.45, 2.75) is 13.1 Å². The Labute approximate surface area is 158 Å². The number of fused-ring (bicyclic) bond motifs is 1. The summed E-state index contributed by atoms with van der Waals surface area (Å²) in [6.45, 7) is -0.105. The summed E-state index contributed by atoms with van der Waals surface area (Å²) >= 11 is 0. The number of aromatic amines is 2. The topological polar surface area (TPSA) is 113 Å². The molecule has 0 saturated heterocycles. The lowest BCUT2D eigenvalue weighted by Crippen LogP contribution is -2.40. The number of nitrogens with one attached hydrogen (secondary N) is 3. The van der Waals surface area contributed by atoms with Gasteiger partial charge in [0.2, 0.25) is 5.91 Å². The van der Waals surface area contributed by atoms with Gasteiger partial charge in [-0.05, 0) is 17.2 Å². The largest absolute Gasteiger partial charge is 0.355 e. The molecule has 8 nitrogen and oxygen atoms in total. The highest BCUT2D eigenvalue weighted by Gasteiger charge is 2.15. The summed E-state index contributed by atoms with van der Waals surface area (Å²) < 4.78 is 0.881. The highest BCUT2D eigenvalue weighted by atomic mass is 16.2. The van der Waals surface area contributed by atoms with Gasteiger partial charge >= 0.3 is 5.69 Å². The Hall–Kier alpha value is -3.94. The molecule has 0 saturated carbocycles. The van der Waals surface area contributed by atoms with E-state index in [1.54, 1.807) is 24.7 Å². The number of nitrogens with zero attached hydrogens (tertiary/aromatic N) is 2. The molecule has 0 aliphatic rings. The van der Waals surface area contributed by atoms with Gasteiger partial charge in [-0.3, -0.25) is 14.6 Å². The van der Waals surface area contributed by atoms with E-state index in [2.05, 4.69) is 20.3 Å². The third-order valence-corrected chi connectivity index (χ3v) is 4.42. The summed E-state index contributed by atoms with van der Waals surface area (Å²) in [7, 11) is 0. The van der Waals surface area contributed by atoms with Gasteiger partial charge in [0.05, 0.1) is 5.52 Å². The first kappa shape index (κ1) is 17.5. The molecule has 0 spiro atoms. The van der Waals surface area contributed by atoms with Gasteiger partial charge in [-0.25, -0.2) is 9.36 Å². The van der Waals surface area contributed by atoms with Crippen LogP contribution in [0, 0.1) is 0 Å². The van der Waals surface area contributed by atoms with E-state index in [1.165, 1.54) is 0 Å². The van der Waals surface area contributed by atoms with Crippen LogP contribution in [0.15, 0.2) is 70.6 Å². The molecule has 8 heteroatoms. The van der Waals surface area contributed by atoms with E-state index < -0.39 is 17.2 Å². The van der Waals surface area contributed by atoms with Gasteiger partial charge in [0, 0.05) is 30.7 Å². The number of pyridine rings is 1. The summed E-state index contributed by atoms with van der Waals surface area (Å²) in [6.07, 6.45) is 4.94. The number of carbonyl (C=O) groups excluding carboxylic acids is 1.